The Bertz CT molecular complexity index is 1450. The minimum Gasteiger partial charge on any atom is -0.744 e. The van der Waals surface area contributed by atoms with Crippen molar-refractivity contribution in [2.24, 2.45) is 5.92 Å². The minimum absolute atomic E-state index is 0. The summed E-state index contributed by atoms with van der Waals surface area (Å²) in [5, 5.41) is 10.7. The molecule has 0 radical (unpaired) electrons. The predicted molar refractivity (Wildman–Crippen MR) is 140 cm³/mol. The van der Waals surface area contributed by atoms with Crippen LogP contribution in [-0.2, 0) is 10.1 Å². The summed E-state index contributed by atoms with van der Waals surface area (Å²) in [6, 6.07) is 30.5. The summed E-state index contributed by atoms with van der Waals surface area (Å²) in [5.74, 6) is 0.0195. The van der Waals surface area contributed by atoms with Crippen molar-refractivity contribution in [3.05, 3.63) is 120 Å². The summed E-state index contributed by atoms with van der Waals surface area (Å²) in [6.45, 7) is 0.873. The molecule has 4 aromatic carbocycles. The third-order valence-corrected chi connectivity index (χ3v) is 7.95. The maximum Gasteiger partial charge on any atom is 1.00 e. The van der Waals surface area contributed by atoms with Gasteiger partial charge in [0.1, 0.15) is 15.9 Å². The molecule has 38 heavy (non-hydrogen) atoms. The summed E-state index contributed by atoms with van der Waals surface area (Å²) in [7, 11) is -4.48. The van der Waals surface area contributed by atoms with Gasteiger partial charge in [-0.15, -0.1) is 0 Å². The van der Waals surface area contributed by atoms with E-state index in [4.69, 9.17) is 0 Å². The van der Waals surface area contributed by atoms with E-state index in [2.05, 4.69) is 29.2 Å². The van der Waals surface area contributed by atoms with Crippen molar-refractivity contribution in [1.29, 1.82) is 0 Å². The molecule has 0 spiro atoms. The van der Waals surface area contributed by atoms with Crippen LogP contribution in [0.2, 0.25) is 0 Å². The first-order valence-corrected chi connectivity index (χ1v) is 13.6. The number of halogens is 1. The van der Waals surface area contributed by atoms with E-state index in [9.17, 15) is 22.5 Å². The summed E-state index contributed by atoms with van der Waals surface area (Å²) in [4.78, 5) is 2.12. The fourth-order valence-electron chi connectivity index (χ4n) is 5.08. The van der Waals surface area contributed by atoms with Crippen molar-refractivity contribution < 1.29 is 52.0 Å². The largest absolute Gasteiger partial charge is 1.00 e. The molecule has 190 valence electrons. The van der Waals surface area contributed by atoms with Gasteiger partial charge in [0.15, 0.2) is 0 Å². The molecule has 1 heterocycles. The standard InChI is InChI=1S/C30H28FNO4S.Na/c31-26-15-10-23(11-16-26)29(33)19-14-25-20-32(27-4-2-1-3-5-27)30(25)24-8-6-21(7-9-24)22-12-17-28(18-13-22)37(34,35)36;/h1-13,15-18,25,29-30,33H,14,19-20H2,(H,34,35,36);/q;+1/p-1/t25-,29-,30+;/m0./s1. The van der Waals surface area contributed by atoms with Crippen molar-refractivity contribution in [3.63, 3.8) is 0 Å². The molecule has 1 saturated heterocycles. The van der Waals surface area contributed by atoms with Crippen LogP contribution in [0.1, 0.15) is 36.1 Å². The molecule has 1 aliphatic heterocycles. The Morgan fingerprint density at radius 2 is 1.45 bits per heavy atom. The monoisotopic (exact) mass is 539 g/mol. The van der Waals surface area contributed by atoms with Gasteiger partial charge in [-0.1, -0.05) is 66.7 Å². The molecule has 0 bridgehead atoms. The first kappa shape index (κ1) is 28.5. The van der Waals surface area contributed by atoms with Gasteiger partial charge in [0.05, 0.1) is 17.0 Å². The zero-order valence-corrected chi connectivity index (χ0v) is 23.9. The molecular weight excluding hydrogens is 512 g/mol. The quantitative estimate of drug-likeness (QED) is 0.275. The number of rotatable bonds is 8. The van der Waals surface area contributed by atoms with E-state index < -0.39 is 16.2 Å². The van der Waals surface area contributed by atoms with Gasteiger partial charge in [-0.25, -0.2) is 12.8 Å². The van der Waals surface area contributed by atoms with Gasteiger partial charge in [-0.2, -0.15) is 0 Å². The fourth-order valence-corrected chi connectivity index (χ4v) is 5.55. The molecule has 4 aromatic rings. The molecule has 0 saturated carbocycles. The Morgan fingerprint density at radius 3 is 2.03 bits per heavy atom. The Labute approximate surface area is 245 Å². The van der Waals surface area contributed by atoms with E-state index in [-0.39, 0.29) is 46.3 Å². The van der Waals surface area contributed by atoms with E-state index in [0.717, 1.165) is 40.9 Å². The van der Waals surface area contributed by atoms with Gasteiger partial charge in [0, 0.05) is 18.2 Å². The number of para-hydroxylation sites is 1. The van der Waals surface area contributed by atoms with E-state index in [1.807, 2.05) is 30.3 Å². The van der Waals surface area contributed by atoms with Crippen LogP contribution >= 0.6 is 0 Å². The van der Waals surface area contributed by atoms with Crippen molar-refractivity contribution in [2.75, 3.05) is 11.4 Å². The number of benzene rings is 4. The Kier molecular flexibility index (Phi) is 9.08. The number of nitrogens with zero attached hydrogens (tertiary/aromatic N) is 1. The van der Waals surface area contributed by atoms with Crippen LogP contribution in [0.5, 0.6) is 0 Å². The zero-order valence-electron chi connectivity index (χ0n) is 21.1. The number of hydrogen-bond acceptors (Lipinski definition) is 5. The molecule has 1 aliphatic rings. The topological polar surface area (TPSA) is 80.7 Å². The molecule has 0 aliphatic carbocycles. The maximum absolute atomic E-state index is 13.2. The second kappa shape index (κ2) is 12.1. The number of hydrogen-bond donors (Lipinski definition) is 1. The normalized spacial score (nSPS) is 17.8. The summed E-state index contributed by atoms with van der Waals surface area (Å²) >= 11 is 0. The maximum atomic E-state index is 13.2. The zero-order chi connectivity index (χ0) is 26.0. The molecular formula is C30H27FNNaO4S. The van der Waals surface area contributed by atoms with Crippen LogP contribution < -0.4 is 34.5 Å². The summed E-state index contributed by atoms with van der Waals surface area (Å²) in [5.41, 5.74) is 4.76. The first-order chi connectivity index (χ1) is 17.8. The Balaban J connectivity index is 0.00000336. The molecule has 5 nitrogen and oxygen atoms in total. The van der Waals surface area contributed by atoms with Crippen molar-refractivity contribution in [2.45, 2.75) is 29.9 Å². The third-order valence-electron chi connectivity index (χ3n) is 7.10. The number of aliphatic hydroxyl groups is 1. The van der Waals surface area contributed by atoms with Gasteiger partial charge in [-0.3, -0.25) is 0 Å². The van der Waals surface area contributed by atoms with Crippen molar-refractivity contribution >= 4 is 15.8 Å². The van der Waals surface area contributed by atoms with Crippen LogP contribution in [0.4, 0.5) is 10.1 Å². The Morgan fingerprint density at radius 1 is 0.868 bits per heavy atom. The molecule has 1 fully saturated rings. The van der Waals surface area contributed by atoms with Gasteiger partial charge in [-0.05, 0) is 71.5 Å². The second-order valence-electron chi connectivity index (χ2n) is 9.44. The minimum atomic E-state index is -4.48. The van der Waals surface area contributed by atoms with Crippen molar-refractivity contribution in [3.8, 4) is 11.1 Å². The van der Waals surface area contributed by atoms with Crippen LogP contribution in [0.25, 0.3) is 11.1 Å². The van der Waals surface area contributed by atoms with Crippen LogP contribution in [-0.4, -0.2) is 24.6 Å². The van der Waals surface area contributed by atoms with E-state index in [0.29, 0.717) is 12.3 Å². The average molecular weight is 540 g/mol. The second-order valence-corrected chi connectivity index (χ2v) is 10.8. The van der Waals surface area contributed by atoms with E-state index in [1.54, 1.807) is 24.3 Å². The molecule has 0 unspecified atom stereocenters. The number of anilines is 1. The van der Waals surface area contributed by atoms with Gasteiger partial charge < -0.3 is 14.6 Å². The van der Waals surface area contributed by atoms with Crippen LogP contribution in [0, 0.1) is 11.7 Å². The number of aliphatic hydroxyl groups excluding tert-OH is 1. The molecule has 5 rings (SSSR count). The van der Waals surface area contributed by atoms with Crippen LogP contribution in [0.15, 0.2) is 108 Å². The SMILES string of the molecule is O=S(=O)([O-])c1ccc(-c2ccc([C@@H]3[C@@H](CC[C@H](O)c4ccc(F)cc4)CN3c3ccccc3)cc2)cc1.[Na+]. The van der Waals surface area contributed by atoms with Gasteiger partial charge >= 0.3 is 29.6 Å². The molecule has 0 amide bonds. The van der Waals surface area contributed by atoms with E-state index >= 15 is 0 Å². The van der Waals surface area contributed by atoms with E-state index in [1.165, 1.54) is 24.3 Å². The first-order valence-electron chi connectivity index (χ1n) is 12.2. The molecule has 1 N–H and O–H groups in total. The molecule has 0 aromatic heterocycles. The third kappa shape index (κ3) is 6.37. The summed E-state index contributed by atoms with van der Waals surface area (Å²) in [6.07, 6.45) is 0.761. The molecule has 8 heteroatoms. The molecule has 3 atom stereocenters. The van der Waals surface area contributed by atoms with Crippen molar-refractivity contribution in [1.82, 2.24) is 0 Å². The predicted octanol–water partition coefficient (Wildman–Crippen LogP) is 3.09. The fraction of sp³-hybridized carbons (Fsp3) is 0.200. The summed E-state index contributed by atoms with van der Waals surface area (Å²) < 4.78 is 46.9. The van der Waals surface area contributed by atoms with Gasteiger partial charge in [0.2, 0.25) is 0 Å². The Hall–Kier alpha value is -2.52. The smallest absolute Gasteiger partial charge is 0.744 e. The van der Waals surface area contributed by atoms with Crippen LogP contribution in [0.3, 0.4) is 0 Å². The average Bonchev–Trinajstić information content (AvgIpc) is 2.89. The van der Waals surface area contributed by atoms with Gasteiger partial charge in [0.25, 0.3) is 0 Å².